The summed E-state index contributed by atoms with van der Waals surface area (Å²) in [5.74, 6) is 2.72. The molecule has 4 aliphatic rings. The van der Waals surface area contributed by atoms with E-state index in [2.05, 4.69) is 31.3 Å². The number of aliphatic hydroxyl groups excluding tert-OH is 2. The molecule has 0 bridgehead atoms. The molecule has 0 aromatic carbocycles. The number of rotatable bonds is 6. The quantitative estimate of drug-likeness (QED) is 0.291. The van der Waals surface area contributed by atoms with Gasteiger partial charge in [-0.3, -0.25) is 4.79 Å². The van der Waals surface area contributed by atoms with Crippen LogP contribution in [-0.2, 0) is 4.79 Å². The van der Waals surface area contributed by atoms with Crippen LogP contribution in [0.25, 0.3) is 0 Å². The van der Waals surface area contributed by atoms with Crippen molar-refractivity contribution in [3.63, 3.8) is 0 Å². The predicted molar refractivity (Wildman–Crippen MR) is 153 cm³/mol. The van der Waals surface area contributed by atoms with Crippen LogP contribution in [0.5, 0.6) is 5.75 Å². The highest BCUT2D eigenvalue weighted by molar-refractivity contribution is 6.01. The lowest BCUT2D eigenvalue weighted by Crippen LogP contribution is -2.58. The van der Waals surface area contributed by atoms with Gasteiger partial charge in [0.1, 0.15) is 17.1 Å². The van der Waals surface area contributed by atoms with E-state index < -0.39 is 5.63 Å². The average molecular weight is 557 g/mol. The van der Waals surface area contributed by atoms with E-state index in [-0.39, 0.29) is 51.9 Å². The van der Waals surface area contributed by atoms with Gasteiger partial charge < -0.3 is 19.7 Å². The molecule has 40 heavy (non-hydrogen) atoms. The fourth-order valence-corrected chi connectivity index (χ4v) is 9.91. The van der Waals surface area contributed by atoms with E-state index in [0.29, 0.717) is 48.2 Å². The number of hydrogen-bond acceptors (Lipinski definition) is 7. The summed E-state index contributed by atoms with van der Waals surface area (Å²) in [4.78, 5) is 24.8. The number of aromatic hydroxyl groups is 1. The highest BCUT2D eigenvalue weighted by Gasteiger charge is 2.63. The Morgan fingerprint density at radius 3 is 2.62 bits per heavy atom. The van der Waals surface area contributed by atoms with Gasteiger partial charge in [0.15, 0.2) is 0 Å². The van der Waals surface area contributed by atoms with E-state index in [4.69, 9.17) is 4.42 Å². The summed E-state index contributed by atoms with van der Waals surface area (Å²) in [7, 11) is 0. The summed E-state index contributed by atoms with van der Waals surface area (Å²) in [6, 6.07) is 1.35. The first-order valence-corrected chi connectivity index (χ1v) is 15.4. The first-order valence-electron chi connectivity index (χ1n) is 15.4. The summed E-state index contributed by atoms with van der Waals surface area (Å²) >= 11 is 0. The lowest BCUT2D eigenvalue weighted by atomic mass is 9.43. The van der Waals surface area contributed by atoms with Crippen LogP contribution in [0.2, 0.25) is 0 Å². The van der Waals surface area contributed by atoms with Crippen molar-refractivity contribution in [3.8, 4) is 5.75 Å². The lowest BCUT2D eigenvalue weighted by molar-refractivity contribution is -0.174. The van der Waals surface area contributed by atoms with Crippen LogP contribution in [0.15, 0.2) is 20.4 Å². The standard InChI is InChI=1S/C32H48N2O6/c1-17(6-11-28(38)34-33-19(3)29-26(36)14-18(2)40-30(29)39)23-9-10-24-22-8-7-20-15-21(35)12-13-31(20,4)25(22)16-27(37)32(23,24)5/h14,17,20-25,27,35-37H,6-13,15-16H2,1-5H3,(H,34,38)/b33-19-/t17?,20?,21-,22?,23?,24?,25?,27+,31+,32-/m0/s1. The van der Waals surface area contributed by atoms with Gasteiger partial charge in [-0.25, -0.2) is 10.2 Å². The molecule has 5 rings (SSSR count). The monoisotopic (exact) mass is 556 g/mol. The zero-order chi connectivity index (χ0) is 29.0. The SMILES string of the molecule is C/C(=N/NC(=O)CCC(C)C1CCC2C3CCC4C[C@@H](O)CC[C@@]4(C)C3C[C@@H](O)[C@@]12C)c1c(O)cc(C)oc1=O. The van der Waals surface area contributed by atoms with Crippen LogP contribution in [0.4, 0.5) is 0 Å². The number of hydrazone groups is 1. The highest BCUT2D eigenvalue weighted by atomic mass is 16.4. The molecular formula is C32H48N2O6. The first kappa shape index (κ1) is 29.3. The van der Waals surface area contributed by atoms with Crippen molar-refractivity contribution in [3.05, 3.63) is 27.8 Å². The van der Waals surface area contributed by atoms with Crippen LogP contribution in [0, 0.1) is 53.3 Å². The average Bonchev–Trinajstić information content (AvgIpc) is 3.25. The second-order valence-corrected chi connectivity index (χ2v) is 14.0. The Hall–Kier alpha value is -2.19. The molecule has 10 atom stereocenters. The minimum absolute atomic E-state index is 0.0546. The van der Waals surface area contributed by atoms with E-state index in [1.807, 2.05) is 0 Å². The fraction of sp³-hybridized carbons (Fsp3) is 0.781. The zero-order valence-corrected chi connectivity index (χ0v) is 24.8. The van der Waals surface area contributed by atoms with E-state index in [0.717, 1.165) is 38.5 Å². The molecule has 1 aromatic rings. The molecular weight excluding hydrogens is 508 g/mol. The molecule has 4 saturated carbocycles. The smallest absolute Gasteiger partial charge is 0.348 e. The van der Waals surface area contributed by atoms with Gasteiger partial charge in [-0.2, -0.15) is 5.10 Å². The van der Waals surface area contributed by atoms with Crippen LogP contribution in [-0.4, -0.2) is 39.1 Å². The minimum atomic E-state index is -0.692. The topological polar surface area (TPSA) is 132 Å². The molecule has 4 aliphatic carbocycles. The van der Waals surface area contributed by atoms with Crippen LogP contribution in [0.3, 0.4) is 0 Å². The Bertz CT molecular complexity index is 1210. The highest BCUT2D eigenvalue weighted by Crippen LogP contribution is 2.68. The Morgan fingerprint density at radius 2 is 1.90 bits per heavy atom. The van der Waals surface area contributed by atoms with Crippen LogP contribution in [0.1, 0.15) is 103 Å². The number of fused-ring (bicyclic) bond motifs is 5. The molecule has 0 aliphatic heterocycles. The van der Waals surface area contributed by atoms with E-state index in [1.54, 1.807) is 13.8 Å². The summed E-state index contributed by atoms with van der Waals surface area (Å²) < 4.78 is 5.04. The van der Waals surface area contributed by atoms with Crippen molar-refractivity contribution in [2.24, 2.45) is 51.4 Å². The number of nitrogens with one attached hydrogen (secondary N) is 1. The number of nitrogens with zero attached hydrogens (tertiary/aromatic N) is 1. The normalized spacial score (nSPS) is 40.1. The summed E-state index contributed by atoms with van der Waals surface area (Å²) in [5.41, 5.74) is 2.06. The number of aryl methyl sites for hydroxylation is 1. The molecule has 1 amide bonds. The molecule has 0 radical (unpaired) electrons. The molecule has 1 aromatic heterocycles. The Labute approximate surface area is 237 Å². The summed E-state index contributed by atoms with van der Waals surface area (Å²) in [5, 5.41) is 36.2. The Kier molecular flexibility index (Phi) is 7.99. The third-order valence-electron chi connectivity index (χ3n) is 12.1. The van der Waals surface area contributed by atoms with Crippen LogP contribution >= 0.6 is 0 Å². The van der Waals surface area contributed by atoms with Gasteiger partial charge in [-0.15, -0.1) is 0 Å². The molecule has 8 heteroatoms. The van der Waals surface area contributed by atoms with E-state index in [1.165, 1.54) is 18.9 Å². The molecule has 0 saturated heterocycles. The van der Waals surface area contributed by atoms with Gasteiger partial charge in [0.25, 0.3) is 0 Å². The number of aliphatic hydroxyl groups is 2. The van der Waals surface area contributed by atoms with Gasteiger partial charge >= 0.3 is 5.63 Å². The summed E-state index contributed by atoms with van der Waals surface area (Å²) in [6.45, 7) is 10.1. The van der Waals surface area contributed by atoms with Gasteiger partial charge in [-0.1, -0.05) is 20.8 Å². The maximum atomic E-state index is 12.7. The zero-order valence-electron chi connectivity index (χ0n) is 24.8. The van der Waals surface area contributed by atoms with Crippen molar-refractivity contribution in [1.29, 1.82) is 0 Å². The lowest BCUT2D eigenvalue weighted by Gasteiger charge is -2.62. The predicted octanol–water partition coefficient (Wildman–Crippen LogP) is 4.90. The fourth-order valence-electron chi connectivity index (χ4n) is 9.91. The van der Waals surface area contributed by atoms with Crippen molar-refractivity contribution >= 4 is 11.6 Å². The minimum Gasteiger partial charge on any atom is -0.507 e. The third-order valence-corrected chi connectivity index (χ3v) is 12.1. The van der Waals surface area contributed by atoms with Crippen molar-refractivity contribution in [2.45, 2.75) is 111 Å². The number of carbonyl (C=O) groups excluding carboxylic acids is 1. The Morgan fingerprint density at radius 1 is 1.15 bits per heavy atom. The molecule has 4 N–H and O–H groups in total. The number of hydrogen-bond donors (Lipinski definition) is 4. The maximum absolute atomic E-state index is 12.7. The van der Waals surface area contributed by atoms with E-state index in [9.17, 15) is 24.9 Å². The van der Waals surface area contributed by atoms with Crippen molar-refractivity contribution in [2.75, 3.05) is 0 Å². The molecule has 0 spiro atoms. The molecule has 8 nitrogen and oxygen atoms in total. The molecule has 6 unspecified atom stereocenters. The second kappa shape index (κ2) is 10.9. The third kappa shape index (κ3) is 4.93. The maximum Gasteiger partial charge on any atom is 0.348 e. The Balaban J connectivity index is 1.22. The van der Waals surface area contributed by atoms with Crippen molar-refractivity contribution < 1.29 is 24.5 Å². The largest absolute Gasteiger partial charge is 0.507 e. The first-order chi connectivity index (χ1) is 18.9. The van der Waals surface area contributed by atoms with Gasteiger partial charge in [0, 0.05) is 12.5 Å². The molecule has 4 fully saturated rings. The second-order valence-electron chi connectivity index (χ2n) is 14.0. The van der Waals surface area contributed by atoms with Crippen LogP contribution < -0.4 is 11.1 Å². The van der Waals surface area contributed by atoms with Gasteiger partial charge in [0.2, 0.25) is 5.91 Å². The van der Waals surface area contributed by atoms with E-state index >= 15 is 0 Å². The number of amides is 1. The van der Waals surface area contributed by atoms with Crippen molar-refractivity contribution in [1.82, 2.24) is 5.43 Å². The van der Waals surface area contributed by atoms with Gasteiger partial charge in [0.05, 0.1) is 17.9 Å². The van der Waals surface area contributed by atoms with Gasteiger partial charge in [-0.05, 0) is 118 Å². The molecule has 1 heterocycles. The molecule has 222 valence electrons. The summed E-state index contributed by atoms with van der Waals surface area (Å²) in [6.07, 6.45) is 8.87. The number of carbonyl (C=O) groups is 1.